The van der Waals surface area contributed by atoms with E-state index in [1.807, 2.05) is 0 Å². The first-order valence-electron chi connectivity index (χ1n) is 11.6. The molecule has 0 heteroatoms. The summed E-state index contributed by atoms with van der Waals surface area (Å²) in [5.41, 5.74) is 9.36. The third kappa shape index (κ3) is 4.27. The van der Waals surface area contributed by atoms with Crippen molar-refractivity contribution >= 4 is 6.08 Å². The Hall–Kier alpha value is -1.82. The molecule has 0 N–H and O–H groups in total. The second-order valence-electron chi connectivity index (χ2n) is 9.42. The van der Waals surface area contributed by atoms with Gasteiger partial charge in [0.1, 0.15) is 0 Å². The maximum atomic E-state index is 2.56. The summed E-state index contributed by atoms with van der Waals surface area (Å²) in [5, 5.41) is 0. The molecule has 148 valence electrons. The number of hydrogen-bond acceptors (Lipinski definition) is 0. The first-order valence-corrected chi connectivity index (χ1v) is 11.6. The Morgan fingerprint density at radius 2 is 1.57 bits per heavy atom. The van der Waals surface area contributed by atoms with Crippen LogP contribution >= 0.6 is 0 Å². The molecule has 0 saturated heterocycles. The van der Waals surface area contributed by atoms with Crippen LogP contribution in [0.2, 0.25) is 0 Å². The molecule has 2 aliphatic rings. The highest BCUT2D eigenvalue weighted by Crippen LogP contribution is 2.46. The van der Waals surface area contributed by atoms with Gasteiger partial charge >= 0.3 is 0 Å². The highest BCUT2D eigenvalue weighted by Gasteiger charge is 2.31. The molecule has 0 aliphatic heterocycles. The van der Waals surface area contributed by atoms with Crippen LogP contribution in [0.4, 0.5) is 0 Å². The topological polar surface area (TPSA) is 0 Å². The van der Waals surface area contributed by atoms with Crippen LogP contribution in [-0.4, -0.2) is 0 Å². The van der Waals surface area contributed by atoms with Gasteiger partial charge in [-0.3, -0.25) is 0 Å². The van der Waals surface area contributed by atoms with E-state index in [1.165, 1.54) is 98.4 Å². The lowest BCUT2D eigenvalue weighted by atomic mass is 9.69. The van der Waals surface area contributed by atoms with Crippen molar-refractivity contribution in [2.24, 2.45) is 5.41 Å². The molecule has 1 fully saturated rings. The normalized spacial score (nSPS) is 18.9. The number of aryl methyl sites for hydroxylation is 1. The molecule has 2 aromatic carbocycles. The monoisotopic (exact) mass is 372 g/mol. The molecule has 0 spiro atoms. The SMILES string of the molecule is CCCC1(CC2=Cc3c(cccc3-c3ccc(C)cc3)C2)CCCCCCC1. The van der Waals surface area contributed by atoms with Crippen LogP contribution < -0.4 is 0 Å². The summed E-state index contributed by atoms with van der Waals surface area (Å²) in [6, 6.07) is 15.9. The van der Waals surface area contributed by atoms with Crippen LogP contribution in [-0.2, 0) is 6.42 Å². The fourth-order valence-corrected chi connectivity index (χ4v) is 5.72. The van der Waals surface area contributed by atoms with Crippen LogP contribution in [0, 0.1) is 12.3 Å². The summed E-state index contributed by atoms with van der Waals surface area (Å²) < 4.78 is 0. The third-order valence-corrected chi connectivity index (χ3v) is 7.12. The van der Waals surface area contributed by atoms with E-state index in [9.17, 15) is 0 Å². The van der Waals surface area contributed by atoms with E-state index in [0.717, 1.165) is 0 Å². The number of allylic oxidation sites excluding steroid dienone is 1. The summed E-state index contributed by atoms with van der Waals surface area (Å²) in [5.74, 6) is 0. The molecule has 0 heterocycles. The Morgan fingerprint density at radius 3 is 2.29 bits per heavy atom. The van der Waals surface area contributed by atoms with E-state index < -0.39 is 0 Å². The number of fused-ring (bicyclic) bond motifs is 1. The lowest BCUT2D eigenvalue weighted by Gasteiger charge is -2.36. The molecule has 1 saturated carbocycles. The quantitative estimate of drug-likeness (QED) is 0.493. The predicted molar refractivity (Wildman–Crippen MR) is 123 cm³/mol. The van der Waals surface area contributed by atoms with Gasteiger partial charge in [0, 0.05) is 0 Å². The van der Waals surface area contributed by atoms with Crippen molar-refractivity contribution < 1.29 is 0 Å². The molecular weight excluding hydrogens is 336 g/mol. The first-order chi connectivity index (χ1) is 13.7. The number of hydrogen-bond donors (Lipinski definition) is 0. The molecular formula is C28H36. The zero-order chi connectivity index (χ0) is 19.4. The average Bonchev–Trinajstić information content (AvgIpc) is 3.08. The minimum Gasteiger partial charge on any atom is -0.0654 e. The Labute approximate surface area is 172 Å². The van der Waals surface area contributed by atoms with Gasteiger partial charge < -0.3 is 0 Å². The fraction of sp³-hybridized carbons (Fsp3) is 0.500. The lowest BCUT2D eigenvalue weighted by molar-refractivity contribution is 0.187. The van der Waals surface area contributed by atoms with Crippen LogP contribution in [0.25, 0.3) is 17.2 Å². The van der Waals surface area contributed by atoms with Gasteiger partial charge in [0.2, 0.25) is 0 Å². The second-order valence-corrected chi connectivity index (χ2v) is 9.42. The molecule has 0 unspecified atom stereocenters. The van der Waals surface area contributed by atoms with Crippen LogP contribution in [0.5, 0.6) is 0 Å². The van der Waals surface area contributed by atoms with E-state index in [2.05, 4.69) is 62.4 Å². The summed E-state index contributed by atoms with van der Waals surface area (Å²) in [4.78, 5) is 0. The Bertz CT molecular complexity index is 814. The highest BCUT2D eigenvalue weighted by atomic mass is 14.4. The van der Waals surface area contributed by atoms with E-state index >= 15 is 0 Å². The van der Waals surface area contributed by atoms with Crippen molar-refractivity contribution in [1.82, 2.24) is 0 Å². The van der Waals surface area contributed by atoms with Crippen LogP contribution in [0.1, 0.15) is 87.8 Å². The van der Waals surface area contributed by atoms with Gasteiger partial charge in [0.05, 0.1) is 0 Å². The van der Waals surface area contributed by atoms with E-state index in [0.29, 0.717) is 5.41 Å². The van der Waals surface area contributed by atoms with Gasteiger partial charge in [-0.2, -0.15) is 0 Å². The van der Waals surface area contributed by atoms with Gasteiger partial charge in [-0.15, -0.1) is 0 Å². The summed E-state index contributed by atoms with van der Waals surface area (Å²) in [6.07, 6.45) is 17.9. The van der Waals surface area contributed by atoms with E-state index in [4.69, 9.17) is 0 Å². The van der Waals surface area contributed by atoms with Crippen molar-refractivity contribution in [2.75, 3.05) is 0 Å². The number of benzene rings is 2. The molecule has 0 nitrogen and oxygen atoms in total. The summed E-state index contributed by atoms with van der Waals surface area (Å²) >= 11 is 0. The van der Waals surface area contributed by atoms with E-state index in [-0.39, 0.29) is 0 Å². The molecule has 28 heavy (non-hydrogen) atoms. The zero-order valence-corrected chi connectivity index (χ0v) is 17.9. The Balaban J connectivity index is 1.60. The molecule has 0 radical (unpaired) electrons. The van der Waals surface area contributed by atoms with Crippen LogP contribution in [0.15, 0.2) is 48.0 Å². The van der Waals surface area contributed by atoms with Gasteiger partial charge in [0.25, 0.3) is 0 Å². The largest absolute Gasteiger partial charge is 0.0654 e. The maximum absolute atomic E-state index is 2.56. The van der Waals surface area contributed by atoms with E-state index in [1.54, 1.807) is 5.57 Å². The van der Waals surface area contributed by atoms with Crippen molar-refractivity contribution in [3.8, 4) is 11.1 Å². The van der Waals surface area contributed by atoms with Crippen molar-refractivity contribution in [2.45, 2.75) is 84.5 Å². The summed E-state index contributed by atoms with van der Waals surface area (Å²) in [7, 11) is 0. The Morgan fingerprint density at radius 1 is 0.857 bits per heavy atom. The maximum Gasteiger partial charge on any atom is -0.00574 e. The minimum atomic E-state index is 0.563. The van der Waals surface area contributed by atoms with Gasteiger partial charge in [-0.05, 0) is 66.7 Å². The first kappa shape index (κ1) is 19.5. The highest BCUT2D eigenvalue weighted by molar-refractivity contribution is 5.80. The molecule has 2 aliphatic carbocycles. The molecule has 0 atom stereocenters. The Kier molecular flexibility index (Phi) is 6.04. The zero-order valence-electron chi connectivity index (χ0n) is 17.9. The standard InChI is InChI=1S/C28H36/c1-3-16-28(17-7-5-4-6-8-18-28)21-23-19-25-10-9-11-26(27(25)20-23)24-14-12-22(2)13-15-24/h9-15,20H,3-8,16-19,21H2,1-2H3. The molecule has 0 aromatic heterocycles. The molecule has 0 bridgehead atoms. The van der Waals surface area contributed by atoms with Gasteiger partial charge in [0.15, 0.2) is 0 Å². The van der Waals surface area contributed by atoms with Crippen molar-refractivity contribution in [3.63, 3.8) is 0 Å². The smallest absolute Gasteiger partial charge is 0.00574 e. The molecule has 2 aromatic rings. The summed E-state index contributed by atoms with van der Waals surface area (Å²) in [6.45, 7) is 4.55. The predicted octanol–water partition coefficient (Wildman–Crippen LogP) is 8.52. The minimum absolute atomic E-state index is 0.563. The van der Waals surface area contributed by atoms with Crippen molar-refractivity contribution in [3.05, 3.63) is 64.7 Å². The lowest BCUT2D eigenvalue weighted by Crippen LogP contribution is -2.23. The van der Waals surface area contributed by atoms with Crippen molar-refractivity contribution in [1.29, 1.82) is 0 Å². The fourth-order valence-electron chi connectivity index (χ4n) is 5.72. The average molecular weight is 373 g/mol. The third-order valence-electron chi connectivity index (χ3n) is 7.12. The second kappa shape index (κ2) is 8.68. The van der Waals surface area contributed by atoms with Crippen LogP contribution in [0.3, 0.4) is 0 Å². The van der Waals surface area contributed by atoms with Gasteiger partial charge in [-0.1, -0.05) is 105 Å². The molecule has 0 amide bonds. The molecule has 4 rings (SSSR count). The van der Waals surface area contributed by atoms with Gasteiger partial charge in [-0.25, -0.2) is 0 Å². The number of rotatable bonds is 5.